The maximum atomic E-state index is 12.9. The van der Waals surface area contributed by atoms with Gasteiger partial charge in [-0.2, -0.15) is 0 Å². The molecule has 1 aliphatic heterocycles. The van der Waals surface area contributed by atoms with Crippen LogP contribution in [0, 0.1) is 0 Å². The Morgan fingerprint density at radius 1 is 0.926 bits per heavy atom. The summed E-state index contributed by atoms with van der Waals surface area (Å²) in [7, 11) is 0. The number of halogens is 1. The molecule has 1 heterocycles. The molecule has 1 aliphatic rings. The van der Waals surface area contributed by atoms with Crippen molar-refractivity contribution < 1.29 is 14.4 Å². The van der Waals surface area contributed by atoms with E-state index in [2.05, 4.69) is 5.16 Å². The van der Waals surface area contributed by atoms with Gasteiger partial charge in [-0.05, 0) is 36.4 Å². The third kappa shape index (κ3) is 3.20. The van der Waals surface area contributed by atoms with E-state index in [1.54, 1.807) is 35.2 Å². The van der Waals surface area contributed by atoms with Gasteiger partial charge in [-0.1, -0.05) is 59.2 Å². The second-order valence-corrected chi connectivity index (χ2v) is 6.26. The number of nitrogens with zero attached hydrogens (tertiary/aromatic N) is 2. The van der Waals surface area contributed by atoms with Crippen molar-refractivity contribution in [1.29, 1.82) is 0 Å². The molecule has 27 heavy (non-hydrogen) atoms. The maximum Gasteiger partial charge on any atom is 0.365 e. The fourth-order valence-electron chi connectivity index (χ4n) is 2.88. The molecule has 3 aromatic carbocycles. The molecule has 1 amide bonds. The quantitative estimate of drug-likeness (QED) is 0.496. The van der Waals surface area contributed by atoms with Gasteiger partial charge in [0.15, 0.2) is 5.71 Å². The molecule has 0 atom stereocenters. The predicted molar refractivity (Wildman–Crippen MR) is 103 cm³/mol. The fraction of sp³-hybridized carbons (Fsp3) is 0. The molecular weight excluding hydrogens is 364 g/mol. The van der Waals surface area contributed by atoms with E-state index in [-0.39, 0.29) is 17.2 Å². The van der Waals surface area contributed by atoms with Crippen molar-refractivity contribution in [2.24, 2.45) is 5.16 Å². The number of carbonyl (C=O) groups excluding carboxylic acids is 2. The molecule has 0 N–H and O–H groups in total. The van der Waals surface area contributed by atoms with Gasteiger partial charge in [-0.3, -0.25) is 9.69 Å². The number of para-hydroxylation sites is 2. The van der Waals surface area contributed by atoms with E-state index < -0.39 is 5.97 Å². The molecule has 0 radical (unpaired) electrons. The number of benzene rings is 3. The van der Waals surface area contributed by atoms with Crippen LogP contribution in [0.4, 0.5) is 11.4 Å². The smallest absolute Gasteiger partial charge is 0.312 e. The Hall–Kier alpha value is -3.44. The SMILES string of the molecule is O=C(O/N=C1/C(=O)N(c2ccccc2)c2ccccc21)c1cccc(Cl)c1. The van der Waals surface area contributed by atoms with Gasteiger partial charge in [0.05, 0.1) is 11.3 Å². The minimum Gasteiger partial charge on any atom is -0.312 e. The maximum absolute atomic E-state index is 12.9. The average molecular weight is 377 g/mol. The van der Waals surface area contributed by atoms with E-state index in [1.807, 2.05) is 42.5 Å². The Labute approximate surface area is 160 Å². The van der Waals surface area contributed by atoms with Crippen LogP contribution in [-0.4, -0.2) is 17.6 Å². The van der Waals surface area contributed by atoms with E-state index in [4.69, 9.17) is 16.4 Å². The second-order valence-electron chi connectivity index (χ2n) is 5.82. The first-order chi connectivity index (χ1) is 13.1. The van der Waals surface area contributed by atoms with Crippen LogP contribution in [0.25, 0.3) is 0 Å². The molecular formula is C21H13ClN2O3. The summed E-state index contributed by atoms with van der Waals surface area (Å²) < 4.78 is 0. The first-order valence-corrected chi connectivity index (χ1v) is 8.57. The molecule has 3 aromatic rings. The Bertz CT molecular complexity index is 1060. The van der Waals surface area contributed by atoms with Crippen molar-refractivity contribution in [3.05, 3.63) is 95.0 Å². The molecule has 0 fully saturated rings. The predicted octanol–water partition coefficient (Wildman–Crippen LogP) is 4.58. The third-order valence-electron chi connectivity index (χ3n) is 4.10. The molecule has 0 aliphatic carbocycles. The van der Waals surface area contributed by atoms with Crippen LogP contribution in [0.3, 0.4) is 0 Å². The Morgan fingerprint density at radius 2 is 1.67 bits per heavy atom. The van der Waals surface area contributed by atoms with E-state index >= 15 is 0 Å². The zero-order valence-electron chi connectivity index (χ0n) is 14.0. The lowest BCUT2D eigenvalue weighted by atomic mass is 10.1. The summed E-state index contributed by atoms with van der Waals surface area (Å²) in [4.78, 5) is 31.7. The normalized spacial score (nSPS) is 14.3. The number of hydrogen-bond acceptors (Lipinski definition) is 4. The lowest BCUT2D eigenvalue weighted by molar-refractivity contribution is -0.111. The lowest BCUT2D eigenvalue weighted by Crippen LogP contribution is -2.25. The number of rotatable bonds is 3. The van der Waals surface area contributed by atoms with Crippen LogP contribution in [0.1, 0.15) is 15.9 Å². The van der Waals surface area contributed by atoms with E-state index in [1.165, 1.54) is 6.07 Å². The summed E-state index contributed by atoms with van der Waals surface area (Å²) in [6, 6.07) is 22.8. The minimum absolute atomic E-state index is 0.0739. The minimum atomic E-state index is -0.687. The number of hydrogen-bond donors (Lipinski definition) is 0. The number of anilines is 2. The number of carbonyl (C=O) groups is 2. The lowest BCUT2D eigenvalue weighted by Gasteiger charge is -2.16. The van der Waals surface area contributed by atoms with Gasteiger partial charge in [-0.25, -0.2) is 4.79 Å². The number of fused-ring (bicyclic) bond motifs is 1. The van der Waals surface area contributed by atoms with Crippen LogP contribution in [-0.2, 0) is 9.63 Å². The molecule has 6 heteroatoms. The summed E-state index contributed by atoms with van der Waals surface area (Å²) >= 11 is 5.89. The molecule has 0 spiro atoms. The highest BCUT2D eigenvalue weighted by Gasteiger charge is 2.35. The number of oxime groups is 1. The average Bonchev–Trinajstić information content (AvgIpc) is 2.98. The van der Waals surface area contributed by atoms with Gasteiger partial charge in [0.2, 0.25) is 0 Å². The highest BCUT2D eigenvalue weighted by atomic mass is 35.5. The molecule has 0 unspecified atom stereocenters. The molecule has 5 nitrogen and oxygen atoms in total. The van der Waals surface area contributed by atoms with Crippen LogP contribution in [0.2, 0.25) is 5.02 Å². The Morgan fingerprint density at radius 3 is 2.44 bits per heavy atom. The van der Waals surface area contributed by atoms with Crippen molar-refractivity contribution in [1.82, 2.24) is 0 Å². The third-order valence-corrected chi connectivity index (χ3v) is 4.34. The van der Waals surface area contributed by atoms with Crippen molar-refractivity contribution in [3.63, 3.8) is 0 Å². The highest BCUT2D eigenvalue weighted by molar-refractivity contribution is 6.55. The Balaban J connectivity index is 1.68. The van der Waals surface area contributed by atoms with Crippen molar-refractivity contribution in [2.45, 2.75) is 0 Å². The van der Waals surface area contributed by atoms with Crippen molar-refractivity contribution in [3.8, 4) is 0 Å². The standard InChI is InChI=1S/C21H13ClN2O3/c22-15-8-6-7-14(13-15)21(26)27-23-19-17-11-4-5-12-18(17)24(20(19)25)16-9-2-1-3-10-16/h1-13H/b23-19+. The van der Waals surface area contributed by atoms with Gasteiger partial charge in [0, 0.05) is 16.3 Å². The van der Waals surface area contributed by atoms with Gasteiger partial charge in [0.25, 0.3) is 5.91 Å². The molecule has 132 valence electrons. The zero-order chi connectivity index (χ0) is 18.8. The van der Waals surface area contributed by atoms with Gasteiger partial charge in [0.1, 0.15) is 0 Å². The summed E-state index contributed by atoms with van der Waals surface area (Å²) in [6.45, 7) is 0. The molecule has 0 bridgehead atoms. The van der Waals surface area contributed by atoms with Crippen molar-refractivity contribution in [2.75, 3.05) is 4.90 Å². The first-order valence-electron chi connectivity index (χ1n) is 8.19. The van der Waals surface area contributed by atoms with Gasteiger partial charge in [-0.15, -0.1) is 0 Å². The van der Waals surface area contributed by atoms with Crippen LogP contribution < -0.4 is 4.90 Å². The zero-order valence-corrected chi connectivity index (χ0v) is 14.8. The summed E-state index contributed by atoms with van der Waals surface area (Å²) in [5, 5.41) is 4.27. The van der Waals surface area contributed by atoms with E-state index in [0.29, 0.717) is 22.0 Å². The molecule has 4 rings (SSSR count). The fourth-order valence-corrected chi connectivity index (χ4v) is 3.07. The Kier molecular flexibility index (Phi) is 4.44. The second kappa shape index (κ2) is 7.05. The molecule has 0 saturated carbocycles. The number of amides is 1. The van der Waals surface area contributed by atoms with Gasteiger partial charge >= 0.3 is 5.97 Å². The van der Waals surface area contributed by atoms with Crippen LogP contribution >= 0.6 is 11.6 Å². The largest absolute Gasteiger partial charge is 0.365 e. The van der Waals surface area contributed by atoms with Crippen LogP contribution in [0.5, 0.6) is 0 Å². The summed E-state index contributed by atoms with van der Waals surface area (Å²) in [6.07, 6.45) is 0. The summed E-state index contributed by atoms with van der Waals surface area (Å²) in [5.41, 5.74) is 2.33. The monoisotopic (exact) mass is 376 g/mol. The van der Waals surface area contributed by atoms with Crippen LogP contribution in [0.15, 0.2) is 84.0 Å². The highest BCUT2D eigenvalue weighted by Crippen LogP contribution is 2.35. The molecule has 0 saturated heterocycles. The van der Waals surface area contributed by atoms with Crippen molar-refractivity contribution >= 4 is 40.6 Å². The van der Waals surface area contributed by atoms with E-state index in [9.17, 15) is 9.59 Å². The van der Waals surface area contributed by atoms with Gasteiger partial charge < -0.3 is 4.84 Å². The summed E-state index contributed by atoms with van der Waals surface area (Å²) in [5.74, 6) is -1.05. The topological polar surface area (TPSA) is 59.0 Å². The van der Waals surface area contributed by atoms with E-state index in [0.717, 1.165) is 0 Å². The first kappa shape index (κ1) is 17.0. The molecule has 0 aromatic heterocycles.